The highest BCUT2D eigenvalue weighted by Crippen LogP contribution is 2.48. The molecule has 0 N–H and O–H groups in total. The minimum Gasteiger partial charge on any atom is -0.311 e. The Morgan fingerprint density at radius 1 is 0.308 bits per heavy atom. The maximum Gasteiger partial charge on any atom is 0.0464 e. The molecule has 7 aromatic carbocycles. The molecule has 1 aliphatic rings. The minimum absolute atomic E-state index is 0.121. The lowest BCUT2D eigenvalue weighted by molar-refractivity contribution is 0.332. The summed E-state index contributed by atoms with van der Waals surface area (Å²) in [4.78, 5) is 4.71. The van der Waals surface area contributed by atoms with Crippen molar-refractivity contribution in [3.05, 3.63) is 193 Å². The lowest BCUT2D eigenvalue weighted by Gasteiger charge is -2.42. The summed E-state index contributed by atoms with van der Waals surface area (Å²) in [5.41, 5.74) is 14.9. The van der Waals surface area contributed by atoms with Crippen LogP contribution in [-0.4, -0.2) is 0 Å². The molecule has 0 unspecified atom stereocenters. The lowest BCUT2D eigenvalue weighted by Crippen LogP contribution is -2.34. The molecule has 256 valence electrons. The molecular formula is C50H46N2. The highest BCUT2D eigenvalue weighted by atomic mass is 15.1. The second kappa shape index (κ2) is 13.7. The third-order valence-corrected chi connectivity index (χ3v) is 10.9. The molecule has 0 aromatic heterocycles. The van der Waals surface area contributed by atoms with Gasteiger partial charge in [0.25, 0.3) is 0 Å². The first-order valence-corrected chi connectivity index (χ1v) is 18.5. The summed E-state index contributed by atoms with van der Waals surface area (Å²) in [5, 5.41) is 0. The van der Waals surface area contributed by atoms with Gasteiger partial charge < -0.3 is 9.80 Å². The van der Waals surface area contributed by atoms with Crippen molar-refractivity contribution in [2.75, 3.05) is 9.80 Å². The Kier molecular flexibility index (Phi) is 8.77. The maximum atomic E-state index is 2.46. The Balaban J connectivity index is 1.15. The number of nitrogens with zero attached hydrogens (tertiary/aromatic N) is 2. The first-order chi connectivity index (χ1) is 25.3. The monoisotopic (exact) mass is 674 g/mol. The quantitative estimate of drug-likeness (QED) is 0.158. The smallest absolute Gasteiger partial charge is 0.0464 e. The fraction of sp³-hybridized carbons (Fsp3) is 0.160. The summed E-state index contributed by atoms with van der Waals surface area (Å²) < 4.78 is 0. The van der Waals surface area contributed by atoms with Crippen molar-refractivity contribution in [1.29, 1.82) is 0 Å². The van der Waals surface area contributed by atoms with Crippen LogP contribution in [0.4, 0.5) is 34.1 Å². The van der Waals surface area contributed by atoms with Crippen molar-refractivity contribution in [3.8, 4) is 22.3 Å². The summed E-state index contributed by atoms with van der Waals surface area (Å²) in [6.45, 7) is 9.60. The Morgan fingerprint density at radius 2 is 0.615 bits per heavy atom. The number of fused-ring (bicyclic) bond motifs is 1. The van der Waals surface area contributed by atoms with Gasteiger partial charge in [0.15, 0.2) is 0 Å². The molecule has 2 heteroatoms. The lowest BCUT2D eigenvalue weighted by atomic mass is 9.63. The van der Waals surface area contributed by atoms with Crippen molar-refractivity contribution in [1.82, 2.24) is 0 Å². The summed E-state index contributed by atoms with van der Waals surface area (Å²) in [7, 11) is 0. The zero-order valence-electron chi connectivity index (χ0n) is 30.6. The zero-order chi connectivity index (χ0) is 35.7. The number of rotatable bonds is 8. The second-order valence-electron chi connectivity index (χ2n) is 15.3. The molecule has 0 saturated carbocycles. The predicted octanol–water partition coefficient (Wildman–Crippen LogP) is 14.3. The molecule has 0 heterocycles. The molecule has 7 aromatic rings. The Labute approximate surface area is 309 Å². The molecule has 0 amide bonds. The molecule has 0 bridgehead atoms. The zero-order valence-corrected chi connectivity index (χ0v) is 30.6. The van der Waals surface area contributed by atoms with E-state index in [9.17, 15) is 0 Å². The van der Waals surface area contributed by atoms with Crippen molar-refractivity contribution in [3.63, 3.8) is 0 Å². The highest BCUT2D eigenvalue weighted by molar-refractivity contribution is 5.82. The van der Waals surface area contributed by atoms with Crippen LogP contribution in [0.25, 0.3) is 22.3 Å². The first kappa shape index (κ1) is 33.3. The van der Waals surface area contributed by atoms with E-state index >= 15 is 0 Å². The summed E-state index contributed by atoms with van der Waals surface area (Å²) in [6.07, 6.45) is 2.39. The maximum absolute atomic E-state index is 2.46. The van der Waals surface area contributed by atoms with E-state index in [0.29, 0.717) is 0 Å². The van der Waals surface area contributed by atoms with Gasteiger partial charge >= 0.3 is 0 Å². The van der Waals surface area contributed by atoms with Crippen molar-refractivity contribution >= 4 is 34.1 Å². The molecule has 0 saturated heterocycles. The molecule has 0 spiro atoms. The van der Waals surface area contributed by atoms with Gasteiger partial charge in [-0.15, -0.1) is 0 Å². The number of hydrogen-bond donors (Lipinski definition) is 0. The number of hydrogen-bond acceptors (Lipinski definition) is 2. The van der Waals surface area contributed by atoms with Crippen LogP contribution in [-0.2, 0) is 10.8 Å². The van der Waals surface area contributed by atoms with Gasteiger partial charge in [0.05, 0.1) is 0 Å². The minimum atomic E-state index is 0.121. The van der Waals surface area contributed by atoms with E-state index in [-0.39, 0.29) is 10.8 Å². The molecule has 0 aliphatic heterocycles. The topological polar surface area (TPSA) is 6.48 Å². The SMILES string of the molecule is CC1(C)CCC(C)(C)c2cc(N(c3ccc(-c4ccccc4)cc3)c3ccc(-c4ccc(N(c5ccccc5)c5ccccc5)cc4)cc3)ccc21. The van der Waals surface area contributed by atoms with Crippen molar-refractivity contribution < 1.29 is 0 Å². The van der Waals surface area contributed by atoms with Crippen LogP contribution in [0.3, 0.4) is 0 Å². The van der Waals surface area contributed by atoms with Crippen LogP contribution in [0.2, 0.25) is 0 Å². The molecule has 2 nitrogen and oxygen atoms in total. The Hall–Kier alpha value is -5.86. The van der Waals surface area contributed by atoms with Gasteiger partial charge in [-0.25, -0.2) is 0 Å². The van der Waals surface area contributed by atoms with Gasteiger partial charge in [-0.3, -0.25) is 0 Å². The highest BCUT2D eigenvalue weighted by Gasteiger charge is 2.37. The fourth-order valence-electron chi connectivity index (χ4n) is 7.80. The van der Waals surface area contributed by atoms with Gasteiger partial charge in [-0.05, 0) is 130 Å². The van der Waals surface area contributed by atoms with Crippen LogP contribution in [0, 0.1) is 0 Å². The normalized spacial score (nSPS) is 14.3. The van der Waals surface area contributed by atoms with Crippen LogP contribution < -0.4 is 9.80 Å². The van der Waals surface area contributed by atoms with Crippen molar-refractivity contribution in [2.24, 2.45) is 0 Å². The van der Waals surface area contributed by atoms with E-state index in [2.05, 4.69) is 219 Å². The molecule has 0 radical (unpaired) electrons. The summed E-state index contributed by atoms with van der Waals surface area (Å²) in [6, 6.07) is 65.9. The number of anilines is 6. The van der Waals surface area contributed by atoms with Gasteiger partial charge in [-0.1, -0.05) is 137 Å². The molecule has 1 aliphatic carbocycles. The molecule has 0 fully saturated rings. The van der Waals surface area contributed by atoms with E-state index in [1.807, 2.05) is 0 Å². The fourth-order valence-corrected chi connectivity index (χ4v) is 7.80. The van der Waals surface area contributed by atoms with Gasteiger partial charge in [0, 0.05) is 34.1 Å². The van der Waals surface area contributed by atoms with Crippen LogP contribution in [0.5, 0.6) is 0 Å². The summed E-state index contributed by atoms with van der Waals surface area (Å²) in [5.74, 6) is 0. The van der Waals surface area contributed by atoms with E-state index < -0.39 is 0 Å². The third-order valence-electron chi connectivity index (χ3n) is 10.9. The van der Waals surface area contributed by atoms with E-state index in [4.69, 9.17) is 0 Å². The summed E-state index contributed by atoms with van der Waals surface area (Å²) >= 11 is 0. The molecule has 8 rings (SSSR count). The third kappa shape index (κ3) is 6.53. The molecular weight excluding hydrogens is 629 g/mol. The average Bonchev–Trinajstić information content (AvgIpc) is 3.19. The largest absolute Gasteiger partial charge is 0.311 e. The Bertz CT molecular complexity index is 2210. The number of benzene rings is 7. The molecule has 0 atom stereocenters. The standard InChI is InChI=1S/C50H46N2/c1-49(2)34-35-50(3,4)48-36-46(32-33-47(48)49)52(44-28-20-38(21-29-44)37-14-8-5-9-15-37)45-30-24-40(25-31-45)39-22-26-43(27-23-39)51(41-16-10-6-11-17-41)42-18-12-7-13-19-42/h5-33,36H,34-35H2,1-4H3. The van der Waals surface area contributed by atoms with Gasteiger partial charge in [0.1, 0.15) is 0 Å². The van der Waals surface area contributed by atoms with Crippen LogP contribution in [0.1, 0.15) is 51.7 Å². The second-order valence-corrected chi connectivity index (χ2v) is 15.3. The van der Waals surface area contributed by atoms with E-state index in [0.717, 1.165) is 28.4 Å². The van der Waals surface area contributed by atoms with Crippen molar-refractivity contribution in [2.45, 2.75) is 51.4 Å². The van der Waals surface area contributed by atoms with E-state index in [1.54, 1.807) is 0 Å². The van der Waals surface area contributed by atoms with Gasteiger partial charge in [-0.2, -0.15) is 0 Å². The van der Waals surface area contributed by atoms with Crippen LogP contribution >= 0.6 is 0 Å². The Morgan fingerprint density at radius 3 is 1.04 bits per heavy atom. The van der Waals surface area contributed by atoms with Gasteiger partial charge in [0.2, 0.25) is 0 Å². The first-order valence-electron chi connectivity index (χ1n) is 18.5. The van der Waals surface area contributed by atoms with E-state index in [1.165, 1.54) is 51.9 Å². The number of para-hydroxylation sites is 2. The average molecular weight is 675 g/mol. The predicted molar refractivity (Wildman–Crippen MR) is 222 cm³/mol. The molecule has 52 heavy (non-hydrogen) atoms. The van der Waals surface area contributed by atoms with Crippen LogP contribution in [0.15, 0.2) is 182 Å².